The zero-order chi connectivity index (χ0) is 21.0. The molecule has 2 aromatic rings. The monoisotopic (exact) mass is 414 g/mol. The summed E-state index contributed by atoms with van der Waals surface area (Å²) in [5, 5.41) is 3.36. The average Bonchev–Trinajstić information content (AvgIpc) is 2.70. The number of nitrogens with zero attached hydrogens (tertiary/aromatic N) is 1. The smallest absolute Gasteiger partial charge is 0.338 e. The van der Waals surface area contributed by atoms with Crippen LogP contribution in [0.2, 0.25) is 5.02 Å². The van der Waals surface area contributed by atoms with Gasteiger partial charge in [0, 0.05) is 12.1 Å². The van der Waals surface area contributed by atoms with Crippen molar-refractivity contribution in [2.45, 2.75) is 19.9 Å². The summed E-state index contributed by atoms with van der Waals surface area (Å²) in [5.74, 6) is 0.136. The second-order valence-electron chi connectivity index (χ2n) is 6.68. The third-order valence-corrected chi connectivity index (χ3v) is 4.89. The van der Waals surface area contributed by atoms with Crippen molar-refractivity contribution in [1.29, 1.82) is 0 Å². The highest BCUT2D eigenvalue weighted by molar-refractivity contribution is 6.30. The highest BCUT2D eigenvalue weighted by Gasteiger charge is 2.37. The quantitative estimate of drug-likeness (QED) is 0.718. The summed E-state index contributed by atoms with van der Waals surface area (Å²) in [7, 11) is 1.59. The van der Waals surface area contributed by atoms with Crippen LogP contribution in [0.4, 0.5) is 4.79 Å². The SMILES string of the molecule is CCOC(=O)C1=C(COc2ccc(C)cc2)N(C)C(=O)N[C@H]1c1cccc(Cl)c1. The Morgan fingerprint density at radius 3 is 2.59 bits per heavy atom. The highest BCUT2D eigenvalue weighted by atomic mass is 35.5. The first-order valence-electron chi connectivity index (χ1n) is 9.30. The molecule has 0 saturated heterocycles. The lowest BCUT2D eigenvalue weighted by molar-refractivity contribution is -0.139. The van der Waals surface area contributed by atoms with Crippen molar-refractivity contribution >= 4 is 23.6 Å². The van der Waals surface area contributed by atoms with E-state index in [2.05, 4.69) is 5.32 Å². The van der Waals surface area contributed by atoms with Gasteiger partial charge in [-0.1, -0.05) is 41.4 Å². The number of esters is 1. The van der Waals surface area contributed by atoms with Gasteiger partial charge in [0.25, 0.3) is 0 Å². The molecule has 0 saturated carbocycles. The third-order valence-electron chi connectivity index (χ3n) is 4.65. The first-order valence-corrected chi connectivity index (χ1v) is 9.67. The minimum atomic E-state index is -0.687. The van der Waals surface area contributed by atoms with Crippen LogP contribution in [0.5, 0.6) is 5.75 Å². The molecule has 6 nitrogen and oxygen atoms in total. The second-order valence-corrected chi connectivity index (χ2v) is 7.12. The summed E-state index contributed by atoms with van der Waals surface area (Å²) in [6, 6.07) is 13.6. The number of halogens is 1. The number of carbonyl (C=O) groups excluding carboxylic acids is 2. The summed E-state index contributed by atoms with van der Waals surface area (Å²) in [6.07, 6.45) is 0. The van der Waals surface area contributed by atoms with Crippen LogP contribution in [0.15, 0.2) is 59.8 Å². The average molecular weight is 415 g/mol. The molecule has 7 heteroatoms. The Bertz CT molecular complexity index is 940. The molecule has 1 atom stereocenters. The molecule has 1 N–H and O–H groups in total. The number of hydrogen-bond donors (Lipinski definition) is 1. The van der Waals surface area contributed by atoms with Gasteiger partial charge in [-0.2, -0.15) is 0 Å². The van der Waals surface area contributed by atoms with Gasteiger partial charge in [-0.05, 0) is 43.7 Å². The minimum absolute atomic E-state index is 0.0399. The van der Waals surface area contributed by atoms with Gasteiger partial charge < -0.3 is 14.8 Å². The van der Waals surface area contributed by atoms with Gasteiger partial charge in [-0.15, -0.1) is 0 Å². The fraction of sp³-hybridized carbons (Fsp3) is 0.273. The largest absolute Gasteiger partial charge is 0.487 e. The molecular formula is C22H23ClN2O4. The molecule has 0 bridgehead atoms. The van der Waals surface area contributed by atoms with E-state index in [9.17, 15) is 9.59 Å². The molecule has 1 aliphatic heterocycles. The molecule has 1 heterocycles. The number of amides is 2. The molecule has 0 unspecified atom stereocenters. The predicted molar refractivity (Wildman–Crippen MR) is 111 cm³/mol. The zero-order valence-corrected chi connectivity index (χ0v) is 17.3. The third kappa shape index (κ3) is 4.71. The van der Waals surface area contributed by atoms with Crippen LogP contribution in [0.1, 0.15) is 24.1 Å². The van der Waals surface area contributed by atoms with Crippen LogP contribution < -0.4 is 10.1 Å². The van der Waals surface area contributed by atoms with Gasteiger partial charge in [0.2, 0.25) is 0 Å². The van der Waals surface area contributed by atoms with E-state index >= 15 is 0 Å². The van der Waals surface area contributed by atoms with Gasteiger partial charge in [0.1, 0.15) is 12.4 Å². The molecule has 29 heavy (non-hydrogen) atoms. The lowest BCUT2D eigenvalue weighted by atomic mass is 9.95. The van der Waals surface area contributed by atoms with Crippen molar-refractivity contribution in [3.05, 3.63) is 76.0 Å². The van der Waals surface area contributed by atoms with Crippen LogP contribution >= 0.6 is 11.6 Å². The number of likely N-dealkylation sites (N-methyl/N-ethyl adjacent to an activating group) is 1. The molecule has 0 spiro atoms. The second kappa shape index (κ2) is 9.01. The van der Waals surface area contributed by atoms with Gasteiger partial charge in [-0.3, -0.25) is 4.90 Å². The standard InChI is InChI=1S/C22H23ClN2O4/c1-4-28-21(26)19-18(13-29-17-10-8-14(2)9-11-17)25(3)22(27)24-20(19)15-6-5-7-16(23)12-15/h5-12,20H,4,13H2,1-3H3,(H,24,27)/t20-/m0/s1. The van der Waals surface area contributed by atoms with Gasteiger partial charge in [0.15, 0.2) is 0 Å². The van der Waals surface area contributed by atoms with Gasteiger partial charge in [0.05, 0.1) is 23.9 Å². The maximum Gasteiger partial charge on any atom is 0.338 e. The van der Waals surface area contributed by atoms with Crippen molar-refractivity contribution in [1.82, 2.24) is 10.2 Å². The molecule has 0 radical (unpaired) electrons. The van der Waals surface area contributed by atoms with E-state index in [0.717, 1.165) is 5.56 Å². The van der Waals surface area contributed by atoms with Crippen molar-refractivity contribution < 1.29 is 19.1 Å². The van der Waals surface area contributed by atoms with Crippen molar-refractivity contribution in [3.8, 4) is 5.75 Å². The van der Waals surface area contributed by atoms with E-state index in [4.69, 9.17) is 21.1 Å². The maximum absolute atomic E-state index is 12.8. The number of rotatable bonds is 6. The Hall–Kier alpha value is -2.99. The van der Waals surface area contributed by atoms with Gasteiger partial charge in [-0.25, -0.2) is 9.59 Å². The minimum Gasteiger partial charge on any atom is -0.487 e. The molecule has 0 aliphatic carbocycles. The number of ether oxygens (including phenoxy) is 2. The van der Waals surface area contributed by atoms with E-state index in [1.807, 2.05) is 31.2 Å². The lowest BCUT2D eigenvalue weighted by Crippen LogP contribution is -2.48. The molecule has 2 amide bonds. The van der Waals surface area contributed by atoms with Crippen LogP contribution in [-0.2, 0) is 9.53 Å². The lowest BCUT2D eigenvalue weighted by Gasteiger charge is -2.34. The summed E-state index contributed by atoms with van der Waals surface area (Å²) < 4.78 is 11.2. The number of hydrogen-bond acceptors (Lipinski definition) is 4. The number of nitrogens with one attached hydrogen (secondary N) is 1. The molecular weight excluding hydrogens is 392 g/mol. The summed E-state index contributed by atoms with van der Waals surface area (Å²) in [4.78, 5) is 26.8. The van der Waals surface area contributed by atoms with Crippen molar-refractivity contribution in [2.75, 3.05) is 20.3 Å². The maximum atomic E-state index is 12.8. The predicted octanol–water partition coefficient (Wildman–Crippen LogP) is 4.24. The molecule has 0 fully saturated rings. The van der Waals surface area contributed by atoms with Gasteiger partial charge >= 0.3 is 12.0 Å². The van der Waals surface area contributed by atoms with E-state index in [0.29, 0.717) is 27.6 Å². The van der Waals surface area contributed by atoms with Crippen LogP contribution in [0, 0.1) is 6.92 Å². The summed E-state index contributed by atoms with van der Waals surface area (Å²) in [5.41, 5.74) is 2.56. The number of aryl methyl sites for hydroxylation is 1. The van der Waals surface area contributed by atoms with Crippen LogP contribution in [-0.4, -0.2) is 37.2 Å². The Labute approximate surface area is 175 Å². The number of benzene rings is 2. The fourth-order valence-electron chi connectivity index (χ4n) is 3.10. The molecule has 1 aliphatic rings. The Morgan fingerprint density at radius 2 is 1.93 bits per heavy atom. The summed E-state index contributed by atoms with van der Waals surface area (Å²) in [6.45, 7) is 3.98. The van der Waals surface area contributed by atoms with Crippen LogP contribution in [0.25, 0.3) is 0 Å². The van der Waals surface area contributed by atoms with E-state index in [1.54, 1.807) is 38.2 Å². The first-order chi connectivity index (χ1) is 13.9. The van der Waals surface area contributed by atoms with Crippen LogP contribution in [0.3, 0.4) is 0 Å². The van der Waals surface area contributed by atoms with Crippen molar-refractivity contribution in [3.63, 3.8) is 0 Å². The molecule has 0 aromatic heterocycles. The highest BCUT2D eigenvalue weighted by Crippen LogP contribution is 2.32. The van der Waals surface area contributed by atoms with E-state index in [1.165, 1.54) is 4.90 Å². The Morgan fingerprint density at radius 1 is 1.21 bits per heavy atom. The molecule has 3 rings (SSSR count). The summed E-state index contributed by atoms with van der Waals surface area (Å²) >= 11 is 6.13. The fourth-order valence-corrected chi connectivity index (χ4v) is 3.30. The first kappa shape index (κ1) is 20.7. The number of carbonyl (C=O) groups is 2. The van der Waals surface area contributed by atoms with Crippen molar-refractivity contribution in [2.24, 2.45) is 0 Å². The zero-order valence-electron chi connectivity index (χ0n) is 16.6. The Balaban J connectivity index is 2.02. The van der Waals surface area contributed by atoms with E-state index in [-0.39, 0.29) is 19.2 Å². The number of urea groups is 1. The normalized spacial score (nSPS) is 16.5. The van der Waals surface area contributed by atoms with E-state index < -0.39 is 12.0 Å². The molecule has 152 valence electrons. The molecule has 2 aromatic carbocycles. The topological polar surface area (TPSA) is 67.9 Å². The Kier molecular flexibility index (Phi) is 6.44.